The molecule has 0 bridgehead atoms. The Morgan fingerprint density at radius 1 is 1.06 bits per heavy atom. The van der Waals surface area contributed by atoms with Crippen molar-refractivity contribution in [3.63, 3.8) is 0 Å². The molecule has 1 aliphatic carbocycles. The molecule has 3 rings (SSSR count). The summed E-state index contributed by atoms with van der Waals surface area (Å²) in [7, 11) is 0. The lowest BCUT2D eigenvalue weighted by atomic mass is 9.86. The van der Waals surface area contributed by atoms with Gasteiger partial charge in [-0.25, -0.2) is 0 Å². The Labute approximate surface area is 111 Å². The minimum Gasteiger partial charge on any atom is -0.297 e. The molecular formula is C17H23N. The summed E-state index contributed by atoms with van der Waals surface area (Å²) >= 11 is 0. The maximum atomic E-state index is 2.67. The van der Waals surface area contributed by atoms with Crippen LogP contribution in [0.1, 0.15) is 43.2 Å². The van der Waals surface area contributed by atoms with Crippen LogP contribution in [0.5, 0.6) is 0 Å². The van der Waals surface area contributed by atoms with Crippen LogP contribution in [0.4, 0.5) is 0 Å². The Kier molecular flexibility index (Phi) is 3.51. The molecule has 0 amide bonds. The van der Waals surface area contributed by atoms with Gasteiger partial charge in [-0.05, 0) is 51.3 Å². The summed E-state index contributed by atoms with van der Waals surface area (Å²) < 4.78 is 0. The first-order chi connectivity index (χ1) is 8.83. The van der Waals surface area contributed by atoms with E-state index in [-0.39, 0.29) is 0 Å². The smallest absolute Gasteiger partial charge is 0.0310 e. The van der Waals surface area contributed by atoms with Crippen molar-refractivity contribution in [1.82, 2.24) is 4.90 Å². The number of rotatable bonds is 2. The molecule has 2 fully saturated rings. The van der Waals surface area contributed by atoms with Gasteiger partial charge in [0.25, 0.3) is 0 Å². The molecule has 1 aromatic rings. The molecule has 1 unspecified atom stereocenters. The van der Waals surface area contributed by atoms with Crippen LogP contribution in [0, 0.1) is 6.92 Å². The molecule has 96 valence electrons. The SMILES string of the molecule is Cc1ccc(/C=C2/CCCCC2N2CCC2)cc1. The number of nitrogens with zero attached hydrogens (tertiary/aromatic N) is 1. The fourth-order valence-corrected chi connectivity index (χ4v) is 3.13. The van der Waals surface area contributed by atoms with E-state index < -0.39 is 0 Å². The van der Waals surface area contributed by atoms with Crippen LogP contribution < -0.4 is 0 Å². The van der Waals surface area contributed by atoms with E-state index >= 15 is 0 Å². The molecule has 2 aliphatic rings. The Bertz CT molecular complexity index is 425. The second kappa shape index (κ2) is 5.27. The highest BCUT2D eigenvalue weighted by molar-refractivity contribution is 5.54. The van der Waals surface area contributed by atoms with E-state index in [9.17, 15) is 0 Å². The third-order valence-corrected chi connectivity index (χ3v) is 4.38. The number of hydrogen-bond donors (Lipinski definition) is 0. The van der Waals surface area contributed by atoms with Crippen molar-refractivity contribution in [2.75, 3.05) is 13.1 Å². The average molecular weight is 241 g/mol. The molecule has 0 spiro atoms. The molecule has 1 heteroatoms. The van der Waals surface area contributed by atoms with Gasteiger partial charge >= 0.3 is 0 Å². The maximum absolute atomic E-state index is 2.67. The molecule has 0 aromatic heterocycles. The zero-order valence-electron chi connectivity index (χ0n) is 11.4. The highest BCUT2D eigenvalue weighted by atomic mass is 15.2. The summed E-state index contributed by atoms with van der Waals surface area (Å²) in [6.45, 7) is 4.78. The monoisotopic (exact) mass is 241 g/mol. The predicted molar refractivity (Wildman–Crippen MR) is 77.6 cm³/mol. The molecule has 0 radical (unpaired) electrons. The minimum atomic E-state index is 0.744. The zero-order valence-corrected chi connectivity index (χ0v) is 11.4. The van der Waals surface area contributed by atoms with E-state index in [1.54, 1.807) is 5.57 Å². The topological polar surface area (TPSA) is 3.24 Å². The molecule has 1 saturated carbocycles. The molecule has 1 aromatic carbocycles. The van der Waals surface area contributed by atoms with Gasteiger partial charge in [0.05, 0.1) is 0 Å². The maximum Gasteiger partial charge on any atom is 0.0310 e. The molecule has 1 nitrogen and oxygen atoms in total. The molecule has 18 heavy (non-hydrogen) atoms. The minimum absolute atomic E-state index is 0.744. The van der Waals surface area contributed by atoms with Crippen molar-refractivity contribution in [3.8, 4) is 0 Å². The molecular weight excluding hydrogens is 218 g/mol. The molecule has 1 atom stereocenters. The second-order valence-corrected chi connectivity index (χ2v) is 5.78. The Morgan fingerprint density at radius 3 is 2.50 bits per heavy atom. The van der Waals surface area contributed by atoms with Gasteiger partial charge < -0.3 is 0 Å². The summed E-state index contributed by atoms with van der Waals surface area (Å²) in [5, 5.41) is 0. The Hall–Kier alpha value is -1.08. The van der Waals surface area contributed by atoms with E-state index in [1.165, 1.54) is 56.3 Å². The fraction of sp³-hybridized carbons (Fsp3) is 0.529. The number of aryl methyl sites for hydroxylation is 1. The van der Waals surface area contributed by atoms with Gasteiger partial charge in [-0.2, -0.15) is 0 Å². The van der Waals surface area contributed by atoms with E-state index in [4.69, 9.17) is 0 Å². The first-order valence-corrected chi connectivity index (χ1v) is 7.34. The summed E-state index contributed by atoms with van der Waals surface area (Å²) in [6, 6.07) is 9.68. The van der Waals surface area contributed by atoms with Crippen molar-refractivity contribution >= 4 is 6.08 Å². The molecule has 1 heterocycles. The van der Waals surface area contributed by atoms with Gasteiger partial charge in [0, 0.05) is 6.04 Å². The summed E-state index contributed by atoms with van der Waals surface area (Å²) in [6.07, 6.45) is 9.30. The van der Waals surface area contributed by atoms with E-state index in [2.05, 4.69) is 42.2 Å². The normalized spacial score (nSPS) is 27.2. The highest BCUT2D eigenvalue weighted by Crippen LogP contribution is 2.31. The van der Waals surface area contributed by atoms with E-state index in [0.717, 1.165) is 6.04 Å². The van der Waals surface area contributed by atoms with Crippen molar-refractivity contribution in [3.05, 3.63) is 41.0 Å². The van der Waals surface area contributed by atoms with Gasteiger partial charge in [0.2, 0.25) is 0 Å². The fourth-order valence-electron chi connectivity index (χ4n) is 3.13. The molecule has 1 saturated heterocycles. The van der Waals surface area contributed by atoms with Gasteiger partial charge in [0.1, 0.15) is 0 Å². The predicted octanol–water partition coefficient (Wildman–Crippen LogP) is 4.03. The summed E-state index contributed by atoms with van der Waals surface area (Å²) in [5.74, 6) is 0. The number of benzene rings is 1. The third kappa shape index (κ3) is 2.51. The lowest BCUT2D eigenvalue weighted by Gasteiger charge is -2.42. The van der Waals surface area contributed by atoms with Crippen LogP contribution in [0.15, 0.2) is 29.8 Å². The Morgan fingerprint density at radius 2 is 1.83 bits per heavy atom. The second-order valence-electron chi connectivity index (χ2n) is 5.78. The Balaban J connectivity index is 1.80. The highest BCUT2D eigenvalue weighted by Gasteiger charge is 2.28. The van der Waals surface area contributed by atoms with Crippen molar-refractivity contribution in [2.24, 2.45) is 0 Å². The first-order valence-electron chi connectivity index (χ1n) is 7.34. The van der Waals surface area contributed by atoms with Crippen LogP contribution in [0.3, 0.4) is 0 Å². The molecule has 0 N–H and O–H groups in total. The van der Waals surface area contributed by atoms with Gasteiger partial charge in [0.15, 0.2) is 0 Å². The summed E-state index contributed by atoms with van der Waals surface area (Å²) in [5.41, 5.74) is 4.40. The van der Waals surface area contributed by atoms with E-state index in [0.29, 0.717) is 0 Å². The standard InChI is InChI=1S/C17H23N/c1-14-7-9-15(10-8-14)13-16-5-2-3-6-17(16)18-11-4-12-18/h7-10,13,17H,2-6,11-12H2,1H3/b16-13-. The van der Waals surface area contributed by atoms with Crippen molar-refractivity contribution in [2.45, 2.75) is 45.1 Å². The lowest BCUT2D eigenvalue weighted by molar-refractivity contribution is 0.121. The van der Waals surface area contributed by atoms with Crippen LogP contribution in [-0.2, 0) is 0 Å². The van der Waals surface area contributed by atoms with Crippen LogP contribution in [0.2, 0.25) is 0 Å². The first kappa shape index (κ1) is 12.0. The van der Waals surface area contributed by atoms with E-state index in [1.807, 2.05) is 0 Å². The number of hydrogen-bond acceptors (Lipinski definition) is 1. The number of likely N-dealkylation sites (tertiary alicyclic amines) is 1. The van der Waals surface area contributed by atoms with Crippen LogP contribution in [-0.4, -0.2) is 24.0 Å². The average Bonchev–Trinajstić information content (AvgIpc) is 2.32. The molecule has 1 aliphatic heterocycles. The third-order valence-electron chi connectivity index (χ3n) is 4.38. The lowest BCUT2D eigenvalue weighted by Crippen LogP contribution is -2.46. The zero-order chi connectivity index (χ0) is 12.4. The van der Waals surface area contributed by atoms with Crippen molar-refractivity contribution in [1.29, 1.82) is 0 Å². The van der Waals surface area contributed by atoms with Gasteiger partial charge in [-0.3, -0.25) is 4.90 Å². The van der Waals surface area contributed by atoms with Crippen molar-refractivity contribution < 1.29 is 0 Å². The quantitative estimate of drug-likeness (QED) is 0.755. The summed E-state index contributed by atoms with van der Waals surface area (Å²) in [4.78, 5) is 2.67. The van der Waals surface area contributed by atoms with Crippen LogP contribution >= 0.6 is 0 Å². The van der Waals surface area contributed by atoms with Gasteiger partial charge in [-0.1, -0.05) is 47.9 Å². The largest absolute Gasteiger partial charge is 0.297 e. The van der Waals surface area contributed by atoms with Crippen LogP contribution in [0.25, 0.3) is 6.08 Å². The van der Waals surface area contributed by atoms with Gasteiger partial charge in [-0.15, -0.1) is 0 Å².